The van der Waals surface area contributed by atoms with Crippen LogP contribution in [0.15, 0.2) is 18.2 Å². The van der Waals surface area contributed by atoms with Gasteiger partial charge in [0.25, 0.3) is 0 Å². The van der Waals surface area contributed by atoms with Crippen LogP contribution in [-0.2, 0) is 20.7 Å². The second-order valence-electron chi connectivity index (χ2n) is 6.32. The van der Waals surface area contributed by atoms with Gasteiger partial charge in [0.05, 0.1) is 13.5 Å². The van der Waals surface area contributed by atoms with Crippen molar-refractivity contribution in [3.8, 4) is 5.75 Å². The maximum atomic E-state index is 11.8. The molecule has 0 unspecified atom stereocenters. The minimum Gasteiger partial charge on any atom is -0.497 e. The van der Waals surface area contributed by atoms with Gasteiger partial charge in [-0.1, -0.05) is 25.7 Å². The van der Waals surface area contributed by atoms with Crippen molar-refractivity contribution in [2.45, 2.75) is 39.0 Å². The van der Waals surface area contributed by atoms with E-state index in [2.05, 4.69) is 19.6 Å². The summed E-state index contributed by atoms with van der Waals surface area (Å²) >= 11 is 0. The van der Waals surface area contributed by atoms with E-state index >= 15 is 0 Å². The molecule has 0 aliphatic rings. The third-order valence-corrected chi connectivity index (χ3v) is 4.89. The largest absolute Gasteiger partial charge is 0.497 e. The smallest absolute Gasteiger partial charge is 0.312 e. The average molecular weight is 310 g/mol. The monoisotopic (exact) mass is 310 g/mol. The van der Waals surface area contributed by atoms with E-state index in [4.69, 9.17) is 14.2 Å². The van der Waals surface area contributed by atoms with Crippen molar-refractivity contribution in [1.29, 1.82) is 0 Å². The van der Waals surface area contributed by atoms with Gasteiger partial charge >= 0.3 is 5.97 Å². The van der Waals surface area contributed by atoms with Crippen LogP contribution in [0.2, 0.25) is 25.7 Å². The molecule has 1 aromatic rings. The van der Waals surface area contributed by atoms with E-state index in [1.165, 1.54) is 0 Å². The van der Waals surface area contributed by atoms with E-state index in [1.54, 1.807) is 7.11 Å². The average Bonchev–Trinajstić information content (AvgIpc) is 2.39. The lowest BCUT2D eigenvalue weighted by molar-refractivity contribution is -0.155. The fourth-order valence-corrected chi connectivity index (χ4v) is 2.50. The molecule has 0 fully saturated rings. The fraction of sp³-hybridized carbons (Fsp3) is 0.562. The Morgan fingerprint density at radius 1 is 1.24 bits per heavy atom. The molecular weight excluding hydrogens is 284 g/mol. The second-order valence-corrected chi connectivity index (χ2v) is 11.9. The van der Waals surface area contributed by atoms with E-state index < -0.39 is 8.07 Å². The number of aryl methyl sites for hydroxylation is 1. The van der Waals surface area contributed by atoms with Crippen LogP contribution < -0.4 is 4.74 Å². The van der Waals surface area contributed by atoms with Crippen LogP contribution >= 0.6 is 0 Å². The summed E-state index contributed by atoms with van der Waals surface area (Å²) in [5.74, 6) is 0.524. The standard InChI is InChI=1S/C16H26O4Si/c1-13-10-15(18-2)7-6-14(13)11-16(17)20-12-19-8-9-21(3,4)5/h6-7,10H,8-9,11-12H2,1-5H3. The number of esters is 1. The number of carbonyl (C=O) groups is 1. The molecule has 0 aliphatic carbocycles. The number of hydrogen-bond acceptors (Lipinski definition) is 4. The summed E-state index contributed by atoms with van der Waals surface area (Å²) in [5.41, 5.74) is 1.97. The number of benzene rings is 1. The highest BCUT2D eigenvalue weighted by Gasteiger charge is 2.12. The summed E-state index contributed by atoms with van der Waals surface area (Å²) in [5, 5.41) is 0. The number of carbonyl (C=O) groups excluding carboxylic acids is 1. The highest BCUT2D eigenvalue weighted by molar-refractivity contribution is 6.76. The molecule has 118 valence electrons. The lowest BCUT2D eigenvalue weighted by Crippen LogP contribution is -2.22. The summed E-state index contributed by atoms with van der Waals surface area (Å²) in [6.07, 6.45) is 0.257. The van der Waals surface area contributed by atoms with Crippen molar-refractivity contribution in [2.75, 3.05) is 20.5 Å². The van der Waals surface area contributed by atoms with Gasteiger partial charge < -0.3 is 14.2 Å². The first-order valence-electron chi connectivity index (χ1n) is 7.19. The van der Waals surface area contributed by atoms with Crippen molar-refractivity contribution < 1.29 is 19.0 Å². The molecule has 0 spiro atoms. The van der Waals surface area contributed by atoms with Crippen LogP contribution in [0.1, 0.15) is 11.1 Å². The summed E-state index contributed by atoms with van der Waals surface area (Å²) in [4.78, 5) is 11.8. The molecule has 21 heavy (non-hydrogen) atoms. The van der Waals surface area contributed by atoms with Crippen molar-refractivity contribution in [1.82, 2.24) is 0 Å². The zero-order chi connectivity index (χ0) is 15.9. The van der Waals surface area contributed by atoms with Crippen LogP contribution in [-0.4, -0.2) is 34.6 Å². The van der Waals surface area contributed by atoms with E-state index in [-0.39, 0.29) is 19.2 Å². The van der Waals surface area contributed by atoms with Gasteiger partial charge in [-0.2, -0.15) is 0 Å². The Hall–Kier alpha value is -1.33. The molecule has 0 radical (unpaired) electrons. The Morgan fingerprint density at radius 2 is 1.95 bits per heavy atom. The third-order valence-electron chi connectivity index (χ3n) is 3.18. The molecular formula is C16H26O4Si. The van der Waals surface area contributed by atoms with E-state index in [1.807, 2.05) is 25.1 Å². The first-order valence-corrected chi connectivity index (χ1v) is 10.9. The normalized spacial score (nSPS) is 11.3. The highest BCUT2D eigenvalue weighted by Crippen LogP contribution is 2.17. The topological polar surface area (TPSA) is 44.8 Å². The van der Waals surface area contributed by atoms with Crippen LogP contribution in [0.4, 0.5) is 0 Å². The van der Waals surface area contributed by atoms with Crippen LogP contribution in [0.3, 0.4) is 0 Å². The summed E-state index contributed by atoms with van der Waals surface area (Å²) in [6.45, 7) is 9.51. The first kappa shape index (κ1) is 17.7. The van der Waals surface area contributed by atoms with Gasteiger partial charge in [0.2, 0.25) is 0 Å². The van der Waals surface area contributed by atoms with Crippen molar-refractivity contribution >= 4 is 14.0 Å². The Kier molecular flexibility index (Phi) is 6.91. The molecule has 0 saturated carbocycles. The Morgan fingerprint density at radius 3 is 2.52 bits per heavy atom. The highest BCUT2D eigenvalue weighted by atomic mass is 28.3. The number of rotatable bonds is 8. The summed E-state index contributed by atoms with van der Waals surface area (Å²) in [6, 6.07) is 6.72. The lowest BCUT2D eigenvalue weighted by Gasteiger charge is -2.15. The maximum Gasteiger partial charge on any atom is 0.312 e. The van der Waals surface area contributed by atoms with Gasteiger partial charge in [-0.15, -0.1) is 0 Å². The first-order chi connectivity index (χ1) is 9.81. The molecule has 1 aromatic carbocycles. The van der Waals surface area contributed by atoms with Gasteiger partial charge in [-0.3, -0.25) is 4.79 Å². The van der Waals surface area contributed by atoms with Gasteiger partial charge in [0.1, 0.15) is 5.75 Å². The van der Waals surface area contributed by atoms with Gasteiger partial charge in [-0.05, 0) is 36.2 Å². The Balaban J connectivity index is 2.31. The van der Waals surface area contributed by atoms with E-state index in [9.17, 15) is 4.79 Å². The molecule has 4 nitrogen and oxygen atoms in total. The molecule has 0 aliphatic heterocycles. The Labute approximate surface area is 128 Å². The van der Waals surface area contributed by atoms with E-state index in [0.717, 1.165) is 22.9 Å². The number of methoxy groups -OCH3 is 1. The molecule has 0 atom stereocenters. The molecule has 0 saturated heterocycles. The van der Waals surface area contributed by atoms with E-state index in [0.29, 0.717) is 6.61 Å². The molecule has 0 N–H and O–H groups in total. The zero-order valence-electron chi connectivity index (χ0n) is 13.7. The molecule has 0 bridgehead atoms. The zero-order valence-corrected chi connectivity index (χ0v) is 14.7. The molecule has 0 aromatic heterocycles. The third kappa shape index (κ3) is 7.29. The number of ether oxygens (including phenoxy) is 3. The molecule has 5 heteroatoms. The van der Waals surface area contributed by atoms with Crippen molar-refractivity contribution in [3.05, 3.63) is 29.3 Å². The minimum atomic E-state index is -1.09. The van der Waals surface area contributed by atoms with Crippen molar-refractivity contribution in [2.24, 2.45) is 0 Å². The van der Waals surface area contributed by atoms with Gasteiger partial charge in [0, 0.05) is 14.7 Å². The molecule has 0 amide bonds. The van der Waals surface area contributed by atoms with Crippen LogP contribution in [0.25, 0.3) is 0 Å². The fourth-order valence-electron chi connectivity index (χ4n) is 1.74. The van der Waals surface area contributed by atoms with Crippen LogP contribution in [0.5, 0.6) is 5.75 Å². The van der Waals surface area contributed by atoms with Crippen LogP contribution in [0, 0.1) is 6.92 Å². The lowest BCUT2D eigenvalue weighted by atomic mass is 10.1. The SMILES string of the molecule is COc1ccc(CC(=O)OCOCC[Si](C)(C)C)c(C)c1. The molecule has 0 heterocycles. The Bertz CT molecular complexity index is 466. The summed E-state index contributed by atoms with van der Waals surface area (Å²) < 4.78 is 15.6. The predicted molar refractivity (Wildman–Crippen MR) is 86.5 cm³/mol. The summed E-state index contributed by atoms with van der Waals surface area (Å²) in [7, 11) is 0.536. The maximum absolute atomic E-state index is 11.8. The van der Waals surface area contributed by atoms with Gasteiger partial charge in [0.15, 0.2) is 6.79 Å². The number of hydrogen-bond donors (Lipinski definition) is 0. The quantitative estimate of drug-likeness (QED) is 0.319. The molecule has 1 rings (SSSR count). The minimum absolute atomic E-state index is 0.0402. The second kappa shape index (κ2) is 8.19. The van der Waals surface area contributed by atoms with Crippen molar-refractivity contribution in [3.63, 3.8) is 0 Å². The predicted octanol–water partition coefficient (Wildman–Crippen LogP) is 3.40. The van der Waals surface area contributed by atoms with Gasteiger partial charge in [-0.25, -0.2) is 0 Å².